The summed E-state index contributed by atoms with van der Waals surface area (Å²) in [6.45, 7) is 4.31. The van der Waals surface area contributed by atoms with Gasteiger partial charge in [-0.3, -0.25) is 4.98 Å². The van der Waals surface area contributed by atoms with E-state index in [-0.39, 0.29) is 12.1 Å². The fourth-order valence-corrected chi connectivity index (χ4v) is 2.58. The van der Waals surface area contributed by atoms with Crippen molar-refractivity contribution >= 4 is 0 Å². The monoisotopic (exact) mass is 248 g/mol. The fraction of sp³-hybridized carbons (Fsp3) is 0.667. The molecule has 3 heteroatoms. The average Bonchev–Trinajstić information content (AvgIpc) is 2.38. The van der Waals surface area contributed by atoms with Crippen molar-refractivity contribution in [2.75, 3.05) is 0 Å². The second-order valence-electron chi connectivity index (χ2n) is 5.55. The summed E-state index contributed by atoms with van der Waals surface area (Å²) in [5.41, 5.74) is 7.00. The molecule has 100 valence electrons. The molecule has 0 amide bonds. The Morgan fingerprint density at radius 3 is 2.56 bits per heavy atom. The molecule has 1 aromatic rings. The number of aromatic nitrogens is 1. The number of nitrogens with zero attached hydrogens (tertiary/aromatic N) is 1. The summed E-state index contributed by atoms with van der Waals surface area (Å²) >= 11 is 0. The van der Waals surface area contributed by atoms with Crippen LogP contribution in [0.2, 0.25) is 0 Å². The van der Waals surface area contributed by atoms with Crippen LogP contribution in [-0.2, 0) is 4.74 Å². The molecule has 2 rings (SSSR count). The molecule has 1 heterocycles. The van der Waals surface area contributed by atoms with Gasteiger partial charge in [-0.25, -0.2) is 0 Å². The van der Waals surface area contributed by atoms with E-state index < -0.39 is 0 Å². The van der Waals surface area contributed by atoms with E-state index in [1.54, 1.807) is 6.20 Å². The minimum Gasteiger partial charge on any atom is -0.367 e. The molecular formula is C15H24N2O. The van der Waals surface area contributed by atoms with Gasteiger partial charge in [-0.15, -0.1) is 0 Å². The first kappa shape index (κ1) is 13.5. The van der Waals surface area contributed by atoms with Crippen LogP contribution in [0.15, 0.2) is 24.4 Å². The summed E-state index contributed by atoms with van der Waals surface area (Å²) in [7, 11) is 0. The van der Waals surface area contributed by atoms with Gasteiger partial charge in [0.25, 0.3) is 0 Å². The Bertz CT molecular complexity index is 345. The predicted molar refractivity (Wildman–Crippen MR) is 73.1 cm³/mol. The van der Waals surface area contributed by atoms with Crippen molar-refractivity contribution in [2.45, 2.75) is 57.8 Å². The van der Waals surface area contributed by atoms with E-state index in [2.05, 4.69) is 11.9 Å². The maximum Gasteiger partial charge on any atom is 0.115 e. The standard InChI is InChI=1S/C15H24N2O/c1-11-6-8-13(9-7-11)18-15(12(2)16)14-5-3-4-10-17-14/h3-5,10-13,15H,6-9,16H2,1-2H3. The molecule has 2 N–H and O–H groups in total. The summed E-state index contributed by atoms with van der Waals surface area (Å²) in [5, 5.41) is 0. The van der Waals surface area contributed by atoms with E-state index in [4.69, 9.17) is 10.5 Å². The van der Waals surface area contributed by atoms with Gasteiger partial charge in [0, 0.05) is 12.2 Å². The fourth-order valence-electron chi connectivity index (χ4n) is 2.58. The van der Waals surface area contributed by atoms with Crippen LogP contribution < -0.4 is 5.73 Å². The molecule has 1 aliphatic carbocycles. The third kappa shape index (κ3) is 3.53. The second-order valence-corrected chi connectivity index (χ2v) is 5.55. The van der Waals surface area contributed by atoms with Gasteiger partial charge in [0.15, 0.2) is 0 Å². The van der Waals surface area contributed by atoms with Crippen molar-refractivity contribution in [3.8, 4) is 0 Å². The maximum absolute atomic E-state index is 6.20. The number of rotatable bonds is 4. The van der Waals surface area contributed by atoms with Gasteiger partial charge < -0.3 is 10.5 Å². The highest BCUT2D eigenvalue weighted by Gasteiger charge is 2.25. The lowest BCUT2D eigenvalue weighted by Gasteiger charge is -2.31. The highest BCUT2D eigenvalue weighted by molar-refractivity contribution is 5.09. The Balaban J connectivity index is 1.99. The number of pyridine rings is 1. The molecule has 0 aromatic carbocycles. The zero-order valence-corrected chi connectivity index (χ0v) is 11.4. The Labute approximate surface area is 110 Å². The number of hydrogen-bond donors (Lipinski definition) is 1. The van der Waals surface area contributed by atoms with Gasteiger partial charge in [-0.1, -0.05) is 13.0 Å². The number of ether oxygens (including phenoxy) is 1. The molecule has 0 bridgehead atoms. The Morgan fingerprint density at radius 1 is 1.28 bits per heavy atom. The quantitative estimate of drug-likeness (QED) is 0.890. The first-order valence-electron chi connectivity index (χ1n) is 6.98. The molecule has 1 fully saturated rings. The van der Waals surface area contributed by atoms with Crippen LogP contribution in [0.1, 0.15) is 51.3 Å². The predicted octanol–water partition coefficient (Wildman–Crippen LogP) is 3.07. The summed E-state index contributed by atoms with van der Waals surface area (Å²) in [6.07, 6.45) is 6.89. The molecule has 0 radical (unpaired) electrons. The van der Waals surface area contributed by atoms with E-state index in [9.17, 15) is 0 Å². The number of hydrogen-bond acceptors (Lipinski definition) is 3. The van der Waals surface area contributed by atoms with Crippen LogP contribution in [0.25, 0.3) is 0 Å². The molecule has 1 aromatic heterocycles. The maximum atomic E-state index is 6.20. The van der Waals surface area contributed by atoms with Gasteiger partial charge in [-0.05, 0) is 50.7 Å². The summed E-state index contributed by atoms with van der Waals surface area (Å²) < 4.78 is 6.20. The Kier molecular flexibility index (Phi) is 4.72. The highest BCUT2D eigenvalue weighted by atomic mass is 16.5. The van der Waals surface area contributed by atoms with Crippen LogP contribution in [0.3, 0.4) is 0 Å². The molecule has 1 aliphatic rings. The topological polar surface area (TPSA) is 48.1 Å². The van der Waals surface area contributed by atoms with Crippen molar-refractivity contribution in [3.63, 3.8) is 0 Å². The summed E-state index contributed by atoms with van der Waals surface area (Å²) in [6, 6.07) is 5.88. The molecule has 0 saturated heterocycles. The summed E-state index contributed by atoms with van der Waals surface area (Å²) in [4.78, 5) is 4.38. The lowest BCUT2D eigenvalue weighted by atomic mass is 9.88. The summed E-state index contributed by atoms with van der Waals surface area (Å²) in [5.74, 6) is 0.841. The second kappa shape index (κ2) is 6.30. The van der Waals surface area contributed by atoms with Crippen LogP contribution in [0, 0.1) is 5.92 Å². The van der Waals surface area contributed by atoms with Crippen molar-refractivity contribution in [1.29, 1.82) is 0 Å². The highest BCUT2D eigenvalue weighted by Crippen LogP contribution is 2.30. The van der Waals surface area contributed by atoms with E-state index in [0.717, 1.165) is 24.5 Å². The van der Waals surface area contributed by atoms with Gasteiger partial charge in [0.05, 0.1) is 11.8 Å². The van der Waals surface area contributed by atoms with E-state index in [1.165, 1.54) is 12.8 Å². The minimum atomic E-state index is -0.0791. The smallest absolute Gasteiger partial charge is 0.115 e. The molecule has 1 saturated carbocycles. The zero-order valence-electron chi connectivity index (χ0n) is 11.4. The molecule has 0 aliphatic heterocycles. The van der Waals surface area contributed by atoms with E-state index >= 15 is 0 Å². The van der Waals surface area contributed by atoms with Crippen molar-refractivity contribution in [3.05, 3.63) is 30.1 Å². The van der Waals surface area contributed by atoms with Crippen LogP contribution in [-0.4, -0.2) is 17.1 Å². The van der Waals surface area contributed by atoms with Crippen LogP contribution in [0.5, 0.6) is 0 Å². The molecule has 18 heavy (non-hydrogen) atoms. The largest absolute Gasteiger partial charge is 0.367 e. The van der Waals surface area contributed by atoms with Crippen molar-refractivity contribution in [1.82, 2.24) is 4.98 Å². The lowest BCUT2D eigenvalue weighted by Crippen LogP contribution is -2.32. The molecule has 0 spiro atoms. The molecular weight excluding hydrogens is 224 g/mol. The normalized spacial score (nSPS) is 27.7. The third-order valence-corrected chi connectivity index (χ3v) is 3.76. The van der Waals surface area contributed by atoms with E-state index in [1.807, 2.05) is 25.1 Å². The third-order valence-electron chi connectivity index (χ3n) is 3.76. The SMILES string of the molecule is CC1CCC(OC(c2ccccn2)C(C)N)CC1. The zero-order chi connectivity index (χ0) is 13.0. The Morgan fingerprint density at radius 2 is 2.00 bits per heavy atom. The first-order valence-corrected chi connectivity index (χ1v) is 6.98. The molecule has 2 unspecified atom stereocenters. The lowest BCUT2D eigenvalue weighted by molar-refractivity contribution is -0.0478. The number of nitrogens with two attached hydrogens (primary N) is 1. The van der Waals surface area contributed by atoms with Crippen LogP contribution in [0.4, 0.5) is 0 Å². The average molecular weight is 248 g/mol. The van der Waals surface area contributed by atoms with Gasteiger partial charge in [0.1, 0.15) is 6.10 Å². The van der Waals surface area contributed by atoms with Gasteiger partial charge in [-0.2, -0.15) is 0 Å². The van der Waals surface area contributed by atoms with Gasteiger partial charge >= 0.3 is 0 Å². The van der Waals surface area contributed by atoms with Crippen LogP contribution >= 0.6 is 0 Å². The molecule has 2 atom stereocenters. The van der Waals surface area contributed by atoms with Crippen molar-refractivity contribution < 1.29 is 4.74 Å². The van der Waals surface area contributed by atoms with Crippen molar-refractivity contribution in [2.24, 2.45) is 11.7 Å². The van der Waals surface area contributed by atoms with E-state index in [0.29, 0.717) is 6.10 Å². The Hall–Kier alpha value is -0.930. The minimum absolute atomic E-state index is 0.0285. The first-order chi connectivity index (χ1) is 8.66. The van der Waals surface area contributed by atoms with Gasteiger partial charge in [0.2, 0.25) is 0 Å². The molecule has 3 nitrogen and oxygen atoms in total.